The molecule has 0 aromatic heterocycles. The van der Waals surface area contributed by atoms with E-state index in [2.05, 4.69) is 12.2 Å². The third-order valence-corrected chi connectivity index (χ3v) is 4.37. The molecule has 1 N–H and O–H groups in total. The summed E-state index contributed by atoms with van der Waals surface area (Å²) in [6, 6.07) is 6.45. The molecule has 18 heavy (non-hydrogen) atoms. The quantitative estimate of drug-likeness (QED) is 0.845. The summed E-state index contributed by atoms with van der Waals surface area (Å²) in [5.74, 6) is 0.871. The lowest BCUT2D eigenvalue weighted by atomic mass is 9.87. The van der Waals surface area contributed by atoms with Gasteiger partial charge in [0.1, 0.15) is 0 Å². The van der Waals surface area contributed by atoms with Crippen LogP contribution in [0.25, 0.3) is 0 Å². The highest BCUT2D eigenvalue weighted by Gasteiger charge is 2.17. The third-order valence-electron chi connectivity index (χ3n) is 3.78. The van der Waals surface area contributed by atoms with Crippen LogP contribution in [0.3, 0.4) is 0 Å². The summed E-state index contributed by atoms with van der Waals surface area (Å²) < 4.78 is 0. The van der Waals surface area contributed by atoms with Crippen molar-refractivity contribution in [2.45, 2.75) is 45.1 Å². The minimum atomic E-state index is 0.694. The minimum Gasteiger partial charge on any atom is -0.314 e. The summed E-state index contributed by atoms with van der Waals surface area (Å²) in [5, 5.41) is 5.14. The van der Waals surface area contributed by atoms with Crippen molar-refractivity contribution in [2.75, 3.05) is 6.54 Å². The summed E-state index contributed by atoms with van der Waals surface area (Å²) in [6.07, 6.45) is 6.36. The average Bonchev–Trinajstić information content (AvgIpc) is 2.32. The molecular formula is C15H21Cl2N. The van der Waals surface area contributed by atoms with Gasteiger partial charge in [-0.15, -0.1) is 0 Å². The SMILES string of the molecule is CC1CCCC(NCCc2ccc(Cl)cc2Cl)C1. The Bertz CT molecular complexity index is 392. The van der Waals surface area contributed by atoms with Crippen LogP contribution in [0.4, 0.5) is 0 Å². The first-order valence-corrected chi connectivity index (χ1v) is 7.58. The molecule has 1 aromatic rings. The highest BCUT2D eigenvalue weighted by atomic mass is 35.5. The van der Waals surface area contributed by atoms with Gasteiger partial charge in [0, 0.05) is 16.1 Å². The molecule has 0 radical (unpaired) electrons. The molecule has 1 aliphatic rings. The first-order valence-electron chi connectivity index (χ1n) is 6.82. The van der Waals surface area contributed by atoms with Crippen molar-refractivity contribution >= 4 is 23.2 Å². The fourth-order valence-electron chi connectivity index (χ4n) is 2.75. The largest absolute Gasteiger partial charge is 0.314 e. The van der Waals surface area contributed by atoms with Crippen molar-refractivity contribution in [2.24, 2.45) is 5.92 Å². The Morgan fingerprint density at radius 1 is 1.28 bits per heavy atom. The maximum atomic E-state index is 6.16. The summed E-state index contributed by atoms with van der Waals surface area (Å²) in [4.78, 5) is 0. The molecule has 1 aliphatic carbocycles. The molecule has 2 atom stereocenters. The molecule has 1 aromatic carbocycles. The van der Waals surface area contributed by atoms with Crippen molar-refractivity contribution < 1.29 is 0 Å². The van der Waals surface area contributed by atoms with Gasteiger partial charge < -0.3 is 5.32 Å². The van der Waals surface area contributed by atoms with Crippen LogP contribution in [0.1, 0.15) is 38.2 Å². The molecule has 0 aliphatic heterocycles. The third kappa shape index (κ3) is 4.15. The molecule has 100 valence electrons. The topological polar surface area (TPSA) is 12.0 Å². The van der Waals surface area contributed by atoms with Gasteiger partial charge in [-0.2, -0.15) is 0 Å². The van der Waals surface area contributed by atoms with E-state index < -0.39 is 0 Å². The van der Waals surface area contributed by atoms with Crippen LogP contribution < -0.4 is 5.32 Å². The smallest absolute Gasteiger partial charge is 0.0453 e. The van der Waals surface area contributed by atoms with E-state index in [4.69, 9.17) is 23.2 Å². The lowest BCUT2D eigenvalue weighted by Crippen LogP contribution is -2.34. The van der Waals surface area contributed by atoms with Crippen LogP contribution in [0.5, 0.6) is 0 Å². The molecule has 0 bridgehead atoms. The van der Waals surface area contributed by atoms with Gasteiger partial charge in [0.15, 0.2) is 0 Å². The Morgan fingerprint density at radius 2 is 2.11 bits per heavy atom. The summed E-state index contributed by atoms with van der Waals surface area (Å²) >= 11 is 12.1. The monoisotopic (exact) mass is 285 g/mol. The van der Waals surface area contributed by atoms with E-state index in [0.717, 1.165) is 23.9 Å². The van der Waals surface area contributed by atoms with Crippen molar-refractivity contribution in [1.82, 2.24) is 5.32 Å². The first kappa shape index (κ1) is 14.2. The number of hydrogen-bond acceptors (Lipinski definition) is 1. The zero-order valence-corrected chi connectivity index (χ0v) is 12.4. The van der Waals surface area contributed by atoms with Gasteiger partial charge in [-0.1, -0.05) is 49.0 Å². The Morgan fingerprint density at radius 3 is 2.83 bits per heavy atom. The van der Waals surface area contributed by atoms with Gasteiger partial charge >= 0.3 is 0 Å². The highest BCUT2D eigenvalue weighted by molar-refractivity contribution is 6.35. The molecule has 1 fully saturated rings. The van der Waals surface area contributed by atoms with Crippen LogP contribution >= 0.6 is 23.2 Å². The normalized spacial score (nSPS) is 24.2. The van der Waals surface area contributed by atoms with Crippen LogP contribution in [0.15, 0.2) is 18.2 Å². The minimum absolute atomic E-state index is 0.694. The van der Waals surface area contributed by atoms with E-state index in [1.165, 1.54) is 31.2 Å². The van der Waals surface area contributed by atoms with Crippen LogP contribution in [-0.2, 0) is 6.42 Å². The van der Waals surface area contributed by atoms with E-state index in [1.807, 2.05) is 18.2 Å². The second-order valence-corrected chi connectivity index (χ2v) is 6.25. The zero-order valence-electron chi connectivity index (χ0n) is 10.9. The Balaban J connectivity index is 1.77. The average molecular weight is 286 g/mol. The summed E-state index contributed by atoms with van der Waals surface area (Å²) in [6.45, 7) is 3.35. The van der Waals surface area contributed by atoms with E-state index >= 15 is 0 Å². The molecule has 2 rings (SSSR count). The second kappa shape index (κ2) is 6.79. The fraction of sp³-hybridized carbons (Fsp3) is 0.600. The van der Waals surface area contributed by atoms with Crippen LogP contribution in [0.2, 0.25) is 10.0 Å². The van der Waals surface area contributed by atoms with Crippen molar-refractivity contribution in [3.63, 3.8) is 0 Å². The fourth-order valence-corrected chi connectivity index (χ4v) is 3.26. The Kier molecular flexibility index (Phi) is 5.35. The lowest BCUT2D eigenvalue weighted by molar-refractivity contribution is 0.303. The Hall–Kier alpha value is -0.240. The van der Waals surface area contributed by atoms with Crippen molar-refractivity contribution in [1.29, 1.82) is 0 Å². The number of benzene rings is 1. The molecule has 0 heterocycles. The highest BCUT2D eigenvalue weighted by Crippen LogP contribution is 2.24. The van der Waals surface area contributed by atoms with Crippen LogP contribution in [-0.4, -0.2) is 12.6 Å². The number of halogens is 2. The standard InChI is InChI=1S/C15H21Cl2N/c1-11-3-2-4-14(9-11)18-8-7-12-5-6-13(16)10-15(12)17/h5-6,10-11,14,18H,2-4,7-9H2,1H3. The van der Waals surface area contributed by atoms with Gasteiger partial charge in [0.05, 0.1) is 0 Å². The summed E-state index contributed by atoms with van der Waals surface area (Å²) in [5.41, 5.74) is 1.18. The van der Waals surface area contributed by atoms with Gasteiger partial charge in [-0.25, -0.2) is 0 Å². The maximum Gasteiger partial charge on any atom is 0.0453 e. The first-order chi connectivity index (χ1) is 8.65. The van der Waals surface area contributed by atoms with E-state index in [0.29, 0.717) is 11.1 Å². The Labute approximate surface area is 120 Å². The second-order valence-electron chi connectivity index (χ2n) is 5.41. The van der Waals surface area contributed by atoms with E-state index in [9.17, 15) is 0 Å². The number of nitrogens with one attached hydrogen (secondary N) is 1. The van der Waals surface area contributed by atoms with Gasteiger partial charge in [-0.3, -0.25) is 0 Å². The van der Waals surface area contributed by atoms with E-state index in [-0.39, 0.29) is 0 Å². The van der Waals surface area contributed by atoms with Crippen LogP contribution in [0, 0.1) is 5.92 Å². The predicted molar refractivity (Wildman–Crippen MR) is 79.6 cm³/mol. The molecule has 0 spiro atoms. The zero-order chi connectivity index (χ0) is 13.0. The number of rotatable bonds is 4. The van der Waals surface area contributed by atoms with Gasteiger partial charge in [0.2, 0.25) is 0 Å². The van der Waals surface area contributed by atoms with Gasteiger partial charge in [-0.05, 0) is 49.4 Å². The molecule has 1 nitrogen and oxygen atoms in total. The summed E-state index contributed by atoms with van der Waals surface area (Å²) in [7, 11) is 0. The predicted octanol–water partition coefficient (Wildman–Crippen LogP) is 4.70. The van der Waals surface area contributed by atoms with Crippen molar-refractivity contribution in [3.8, 4) is 0 Å². The van der Waals surface area contributed by atoms with Gasteiger partial charge in [0.25, 0.3) is 0 Å². The molecule has 1 saturated carbocycles. The molecule has 2 unspecified atom stereocenters. The maximum absolute atomic E-state index is 6.16. The molecule has 0 amide bonds. The molecular weight excluding hydrogens is 265 g/mol. The lowest BCUT2D eigenvalue weighted by Gasteiger charge is -2.27. The van der Waals surface area contributed by atoms with Crippen molar-refractivity contribution in [3.05, 3.63) is 33.8 Å². The van der Waals surface area contributed by atoms with E-state index in [1.54, 1.807) is 0 Å². The number of hydrogen-bond donors (Lipinski definition) is 1. The molecule has 0 saturated heterocycles. The molecule has 3 heteroatoms.